The van der Waals surface area contributed by atoms with Crippen LogP contribution in [0, 0.1) is 13.8 Å². The summed E-state index contributed by atoms with van der Waals surface area (Å²) in [6, 6.07) is 6.22. The number of ether oxygens (including phenoxy) is 1. The van der Waals surface area contributed by atoms with E-state index in [1.165, 1.54) is 11.1 Å². The number of benzene rings is 1. The van der Waals surface area contributed by atoms with Crippen LogP contribution in [-0.4, -0.2) is 24.4 Å². The highest BCUT2D eigenvalue weighted by Gasteiger charge is 2.15. The molecule has 0 aromatic heterocycles. The maximum Gasteiger partial charge on any atom is 0.170 e. The molecule has 1 unspecified atom stereocenters. The molecule has 1 aromatic carbocycles. The first-order valence-electron chi connectivity index (χ1n) is 6.39. The molecule has 98 valence electrons. The van der Waals surface area contributed by atoms with Gasteiger partial charge in [-0.15, -0.1) is 0 Å². The van der Waals surface area contributed by atoms with Crippen LogP contribution < -0.4 is 10.6 Å². The summed E-state index contributed by atoms with van der Waals surface area (Å²) in [6.07, 6.45) is 2.59. The zero-order valence-electron chi connectivity index (χ0n) is 11.0. The van der Waals surface area contributed by atoms with Gasteiger partial charge in [-0.2, -0.15) is 0 Å². The van der Waals surface area contributed by atoms with Crippen LogP contribution in [0.5, 0.6) is 0 Å². The van der Waals surface area contributed by atoms with E-state index in [-0.39, 0.29) is 0 Å². The van der Waals surface area contributed by atoms with Gasteiger partial charge in [0.25, 0.3) is 0 Å². The first-order valence-corrected chi connectivity index (χ1v) is 6.80. The van der Waals surface area contributed by atoms with Gasteiger partial charge in [-0.3, -0.25) is 0 Å². The smallest absolute Gasteiger partial charge is 0.170 e. The summed E-state index contributed by atoms with van der Waals surface area (Å²) in [6.45, 7) is 5.83. The summed E-state index contributed by atoms with van der Waals surface area (Å²) in [5.74, 6) is 0. The molecule has 4 heteroatoms. The second-order valence-corrected chi connectivity index (χ2v) is 5.15. The number of rotatable bonds is 3. The Morgan fingerprint density at radius 3 is 2.72 bits per heavy atom. The summed E-state index contributed by atoms with van der Waals surface area (Å²) in [5, 5.41) is 7.16. The lowest BCUT2D eigenvalue weighted by atomic mass is 10.1. The average molecular weight is 264 g/mol. The molecule has 0 bridgehead atoms. The highest BCUT2D eigenvalue weighted by Crippen LogP contribution is 2.19. The Balaban J connectivity index is 1.86. The molecule has 2 rings (SSSR count). The van der Waals surface area contributed by atoms with Crippen molar-refractivity contribution in [3.05, 3.63) is 29.3 Å². The second kappa shape index (κ2) is 6.16. The first kappa shape index (κ1) is 13.3. The fourth-order valence-corrected chi connectivity index (χ4v) is 2.37. The zero-order chi connectivity index (χ0) is 13.0. The van der Waals surface area contributed by atoms with Crippen LogP contribution in [0.15, 0.2) is 18.2 Å². The van der Waals surface area contributed by atoms with Crippen LogP contribution in [0.2, 0.25) is 0 Å². The van der Waals surface area contributed by atoms with Crippen LogP contribution in [-0.2, 0) is 4.74 Å². The molecule has 0 saturated carbocycles. The average Bonchev–Trinajstić information content (AvgIpc) is 2.84. The Hall–Kier alpha value is -1.13. The Morgan fingerprint density at radius 2 is 2.11 bits per heavy atom. The van der Waals surface area contributed by atoms with E-state index in [4.69, 9.17) is 17.0 Å². The third-order valence-corrected chi connectivity index (χ3v) is 3.48. The van der Waals surface area contributed by atoms with E-state index in [2.05, 4.69) is 42.7 Å². The number of thiocarbonyl (C=S) groups is 1. The Kier molecular flexibility index (Phi) is 4.55. The zero-order valence-corrected chi connectivity index (χ0v) is 11.8. The number of hydrogen-bond acceptors (Lipinski definition) is 2. The van der Waals surface area contributed by atoms with Crippen molar-refractivity contribution < 1.29 is 4.74 Å². The van der Waals surface area contributed by atoms with E-state index < -0.39 is 0 Å². The topological polar surface area (TPSA) is 33.3 Å². The van der Waals surface area contributed by atoms with Gasteiger partial charge < -0.3 is 15.4 Å². The lowest BCUT2D eigenvalue weighted by Gasteiger charge is -2.16. The van der Waals surface area contributed by atoms with Crippen molar-refractivity contribution in [1.82, 2.24) is 5.32 Å². The van der Waals surface area contributed by atoms with Gasteiger partial charge in [0.1, 0.15) is 0 Å². The van der Waals surface area contributed by atoms with E-state index in [1.54, 1.807) is 0 Å². The molecule has 1 heterocycles. The van der Waals surface area contributed by atoms with Gasteiger partial charge in [-0.05, 0) is 50.0 Å². The predicted octanol–water partition coefficient (Wildman–Crippen LogP) is 2.77. The second-order valence-electron chi connectivity index (χ2n) is 4.74. The molecule has 2 N–H and O–H groups in total. The molecular formula is C14H20N2OS. The molecule has 1 atom stereocenters. The fourth-order valence-electron chi connectivity index (χ4n) is 2.18. The summed E-state index contributed by atoms with van der Waals surface area (Å²) in [5.41, 5.74) is 3.51. The normalized spacial score (nSPS) is 18.7. The quantitative estimate of drug-likeness (QED) is 0.823. The number of hydrogen-bond donors (Lipinski definition) is 2. The van der Waals surface area contributed by atoms with Crippen molar-refractivity contribution in [2.45, 2.75) is 32.8 Å². The number of nitrogens with one attached hydrogen (secondary N) is 2. The minimum absolute atomic E-state index is 0.308. The van der Waals surface area contributed by atoms with Crippen LogP contribution in [0.4, 0.5) is 5.69 Å². The first-order chi connectivity index (χ1) is 8.66. The minimum atomic E-state index is 0.308. The summed E-state index contributed by atoms with van der Waals surface area (Å²) >= 11 is 5.31. The summed E-state index contributed by atoms with van der Waals surface area (Å²) in [7, 11) is 0. The third kappa shape index (κ3) is 3.43. The SMILES string of the molecule is Cc1cccc(C)c1NC(=S)NCC1CCCO1. The predicted molar refractivity (Wildman–Crippen MR) is 79.1 cm³/mol. The largest absolute Gasteiger partial charge is 0.376 e. The van der Waals surface area contributed by atoms with Crippen molar-refractivity contribution in [3.63, 3.8) is 0 Å². The van der Waals surface area contributed by atoms with E-state index in [0.717, 1.165) is 31.7 Å². The molecule has 1 fully saturated rings. The van der Waals surface area contributed by atoms with Crippen molar-refractivity contribution in [1.29, 1.82) is 0 Å². The molecule has 1 aliphatic heterocycles. The number of anilines is 1. The van der Waals surface area contributed by atoms with Gasteiger partial charge in [0, 0.05) is 18.8 Å². The molecule has 0 amide bonds. The number of aryl methyl sites for hydroxylation is 2. The maximum absolute atomic E-state index is 5.55. The molecule has 1 aromatic rings. The highest BCUT2D eigenvalue weighted by atomic mass is 32.1. The third-order valence-electron chi connectivity index (χ3n) is 3.23. The Labute approximate surface area is 114 Å². The van der Waals surface area contributed by atoms with E-state index >= 15 is 0 Å². The fraction of sp³-hybridized carbons (Fsp3) is 0.500. The highest BCUT2D eigenvalue weighted by molar-refractivity contribution is 7.80. The van der Waals surface area contributed by atoms with E-state index in [0.29, 0.717) is 11.2 Å². The van der Waals surface area contributed by atoms with Crippen molar-refractivity contribution in [3.8, 4) is 0 Å². The Bertz CT molecular complexity index is 408. The minimum Gasteiger partial charge on any atom is -0.376 e. The lowest BCUT2D eigenvalue weighted by Crippen LogP contribution is -2.35. The molecule has 0 radical (unpaired) electrons. The molecule has 0 spiro atoms. The van der Waals surface area contributed by atoms with Crippen LogP contribution in [0.3, 0.4) is 0 Å². The Morgan fingerprint density at radius 1 is 1.39 bits per heavy atom. The van der Waals surface area contributed by atoms with Gasteiger partial charge in [-0.1, -0.05) is 18.2 Å². The molecule has 1 aliphatic rings. The van der Waals surface area contributed by atoms with Gasteiger partial charge in [0.05, 0.1) is 6.10 Å². The lowest BCUT2D eigenvalue weighted by molar-refractivity contribution is 0.114. The monoisotopic (exact) mass is 264 g/mol. The summed E-state index contributed by atoms with van der Waals surface area (Å²) < 4.78 is 5.55. The molecule has 0 aliphatic carbocycles. The van der Waals surface area contributed by atoms with Gasteiger partial charge in [0.15, 0.2) is 5.11 Å². The number of para-hydroxylation sites is 1. The summed E-state index contributed by atoms with van der Waals surface area (Å²) in [4.78, 5) is 0. The van der Waals surface area contributed by atoms with Crippen molar-refractivity contribution >= 4 is 23.0 Å². The van der Waals surface area contributed by atoms with Gasteiger partial charge >= 0.3 is 0 Å². The standard InChI is InChI=1S/C14H20N2OS/c1-10-5-3-6-11(2)13(10)16-14(18)15-9-12-7-4-8-17-12/h3,5-6,12H,4,7-9H2,1-2H3,(H2,15,16,18). The molecule has 3 nitrogen and oxygen atoms in total. The van der Waals surface area contributed by atoms with E-state index in [9.17, 15) is 0 Å². The van der Waals surface area contributed by atoms with Gasteiger partial charge in [0.2, 0.25) is 0 Å². The van der Waals surface area contributed by atoms with Crippen LogP contribution in [0.1, 0.15) is 24.0 Å². The molecule has 1 saturated heterocycles. The van der Waals surface area contributed by atoms with Crippen LogP contribution >= 0.6 is 12.2 Å². The van der Waals surface area contributed by atoms with Crippen molar-refractivity contribution in [2.75, 3.05) is 18.5 Å². The molecule has 18 heavy (non-hydrogen) atoms. The maximum atomic E-state index is 5.55. The van der Waals surface area contributed by atoms with Crippen molar-refractivity contribution in [2.24, 2.45) is 0 Å². The van der Waals surface area contributed by atoms with Crippen LogP contribution in [0.25, 0.3) is 0 Å². The molecular weight excluding hydrogens is 244 g/mol. The van der Waals surface area contributed by atoms with Gasteiger partial charge in [-0.25, -0.2) is 0 Å². The van der Waals surface area contributed by atoms with E-state index in [1.807, 2.05) is 0 Å².